The first-order valence-corrected chi connectivity index (χ1v) is 13.0. The molecule has 3 aromatic rings. The van der Waals surface area contributed by atoms with E-state index >= 15 is 0 Å². The fourth-order valence-electron chi connectivity index (χ4n) is 4.22. The van der Waals surface area contributed by atoms with E-state index in [9.17, 15) is 23.1 Å². The molecule has 0 unspecified atom stereocenters. The van der Waals surface area contributed by atoms with Crippen molar-refractivity contribution in [3.8, 4) is 5.75 Å². The number of aromatic carboxylic acids is 1. The van der Waals surface area contributed by atoms with E-state index in [1.54, 1.807) is 31.4 Å². The van der Waals surface area contributed by atoms with Gasteiger partial charge in [-0.3, -0.25) is 0 Å². The molecule has 1 aliphatic heterocycles. The number of piperazine rings is 1. The minimum absolute atomic E-state index is 0.257. The molecule has 42 heavy (non-hydrogen) atoms. The Hall–Kier alpha value is -4.74. The van der Waals surface area contributed by atoms with Crippen LogP contribution in [0.15, 0.2) is 71.7 Å². The molecule has 0 spiro atoms. The Morgan fingerprint density at radius 2 is 1.57 bits per heavy atom. The van der Waals surface area contributed by atoms with Crippen molar-refractivity contribution >= 4 is 29.3 Å². The number of nitrogens with one attached hydrogen (secondary N) is 1. The van der Waals surface area contributed by atoms with Crippen LogP contribution in [-0.2, 0) is 11.3 Å². The zero-order chi connectivity index (χ0) is 30.9. The molecule has 4 rings (SSSR count). The highest BCUT2D eigenvalue weighted by Gasteiger charge is 2.38. The average molecular weight is 587 g/mol. The Bertz CT molecular complexity index is 1400. The SMILES string of the molecule is COc1cccc(CN=C(Nc2ccc(C(=O)O)cc2)N2CCN(c3cccc(C)c3C)CC2)c1.O=C(O)C(F)(F)F. The van der Waals surface area contributed by atoms with E-state index in [1.807, 2.05) is 24.3 Å². The number of methoxy groups -OCH3 is 1. The van der Waals surface area contributed by atoms with Gasteiger partial charge in [-0.05, 0) is 73.0 Å². The zero-order valence-corrected chi connectivity index (χ0v) is 23.5. The van der Waals surface area contributed by atoms with E-state index in [4.69, 9.17) is 19.6 Å². The lowest BCUT2D eigenvalue weighted by Crippen LogP contribution is -2.51. The second-order valence-electron chi connectivity index (χ2n) is 9.49. The molecule has 224 valence electrons. The van der Waals surface area contributed by atoms with Crippen molar-refractivity contribution in [1.82, 2.24) is 4.90 Å². The summed E-state index contributed by atoms with van der Waals surface area (Å²) in [6.07, 6.45) is -5.08. The number of halogens is 3. The van der Waals surface area contributed by atoms with Crippen LogP contribution in [0.25, 0.3) is 0 Å². The molecule has 1 fully saturated rings. The van der Waals surface area contributed by atoms with Crippen LogP contribution in [0.3, 0.4) is 0 Å². The van der Waals surface area contributed by atoms with Crippen LogP contribution in [0.5, 0.6) is 5.75 Å². The average Bonchev–Trinajstić information content (AvgIpc) is 2.97. The van der Waals surface area contributed by atoms with Gasteiger partial charge in [0.05, 0.1) is 19.2 Å². The molecular formula is C30H33F3N4O5. The molecule has 0 aromatic heterocycles. The van der Waals surface area contributed by atoms with E-state index in [-0.39, 0.29) is 5.56 Å². The van der Waals surface area contributed by atoms with Crippen LogP contribution in [0.1, 0.15) is 27.0 Å². The van der Waals surface area contributed by atoms with Crippen LogP contribution in [0.4, 0.5) is 24.5 Å². The first-order chi connectivity index (χ1) is 19.9. The topological polar surface area (TPSA) is 115 Å². The van der Waals surface area contributed by atoms with Crippen molar-refractivity contribution in [1.29, 1.82) is 0 Å². The Labute approximate surface area is 241 Å². The Morgan fingerprint density at radius 3 is 2.14 bits per heavy atom. The summed E-state index contributed by atoms with van der Waals surface area (Å²) in [6, 6.07) is 21.1. The van der Waals surface area contributed by atoms with E-state index < -0.39 is 18.1 Å². The highest BCUT2D eigenvalue weighted by atomic mass is 19.4. The van der Waals surface area contributed by atoms with Gasteiger partial charge in [0.15, 0.2) is 5.96 Å². The van der Waals surface area contributed by atoms with Crippen LogP contribution in [-0.4, -0.2) is 72.5 Å². The second-order valence-corrected chi connectivity index (χ2v) is 9.49. The number of benzene rings is 3. The molecule has 3 N–H and O–H groups in total. The molecule has 9 nitrogen and oxygen atoms in total. The maximum absolute atomic E-state index is 11.2. The first kappa shape index (κ1) is 31.8. The number of aliphatic imine (C=N–C) groups is 1. The monoisotopic (exact) mass is 586 g/mol. The predicted molar refractivity (Wildman–Crippen MR) is 155 cm³/mol. The number of hydrogen-bond donors (Lipinski definition) is 3. The number of guanidine groups is 1. The Balaban J connectivity index is 0.000000616. The lowest BCUT2D eigenvalue weighted by atomic mass is 10.1. The van der Waals surface area contributed by atoms with Crippen molar-refractivity contribution in [3.63, 3.8) is 0 Å². The summed E-state index contributed by atoms with van der Waals surface area (Å²) < 4.78 is 37.1. The Kier molecular flexibility index (Phi) is 10.8. The van der Waals surface area contributed by atoms with E-state index in [1.165, 1.54) is 16.8 Å². The smallest absolute Gasteiger partial charge is 0.490 e. The van der Waals surface area contributed by atoms with Gasteiger partial charge in [-0.1, -0.05) is 24.3 Å². The summed E-state index contributed by atoms with van der Waals surface area (Å²) in [5.74, 6) is -2.12. The van der Waals surface area contributed by atoms with E-state index in [0.29, 0.717) is 6.54 Å². The third-order valence-electron chi connectivity index (χ3n) is 6.67. The van der Waals surface area contributed by atoms with Gasteiger partial charge in [0.25, 0.3) is 0 Å². The largest absolute Gasteiger partial charge is 0.497 e. The quantitative estimate of drug-likeness (QED) is 0.259. The summed E-state index contributed by atoms with van der Waals surface area (Å²) in [4.78, 5) is 29.7. The van der Waals surface area contributed by atoms with Gasteiger partial charge in [-0.2, -0.15) is 13.2 Å². The van der Waals surface area contributed by atoms with Crippen molar-refractivity contribution in [2.75, 3.05) is 43.5 Å². The molecule has 1 saturated heterocycles. The number of rotatable bonds is 6. The van der Waals surface area contributed by atoms with Crippen molar-refractivity contribution in [3.05, 3.63) is 89.0 Å². The van der Waals surface area contributed by atoms with Crippen LogP contribution in [0.2, 0.25) is 0 Å². The minimum Gasteiger partial charge on any atom is -0.497 e. The van der Waals surface area contributed by atoms with Crippen LogP contribution in [0, 0.1) is 13.8 Å². The molecule has 12 heteroatoms. The summed E-state index contributed by atoms with van der Waals surface area (Å²) in [7, 11) is 1.66. The molecule has 0 aliphatic carbocycles. The molecule has 1 heterocycles. The number of alkyl halides is 3. The van der Waals surface area contributed by atoms with Gasteiger partial charge >= 0.3 is 18.1 Å². The van der Waals surface area contributed by atoms with Crippen LogP contribution >= 0.6 is 0 Å². The predicted octanol–water partition coefficient (Wildman–Crippen LogP) is 5.43. The van der Waals surface area contributed by atoms with Gasteiger partial charge in [0.2, 0.25) is 0 Å². The number of carboxylic acids is 2. The Morgan fingerprint density at radius 1 is 0.952 bits per heavy atom. The zero-order valence-electron chi connectivity index (χ0n) is 23.5. The van der Waals surface area contributed by atoms with Gasteiger partial charge < -0.3 is 30.1 Å². The number of carbonyl (C=O) groups is 2. The van der Waals surface area contributed by atoms with Crippen LogP contribution < -0.4 is 15.0 Å². The highest BCUT2D eigenvalue weighted by molar-refractivity contribution is 5.95. The number of aliphatic carboxylic acids is 1. The molecule has 1 aliphatic rings. The van der Waals surface area contributed by atoms with Crippen molar-refractivity contribution in [2.45, 2.75) is 26.6 Å². The molecule has 0 atom stereocenters. The molecule has 0 bridgehead atoms. The first-order valence-electron chi connectivity index (χ1n) is 13.0. The normalized spacial score (nSPS) is 13.6. The highest BCUT2D eigenvalue weighted by Crippen LogP contribution is 2.24. The number of nitrogens with zero attached hydrogens (tertiary/aromatic N) is 3. The molecule has 0 radical (unpaired) electrons. The van der Waals surface area contributed by atoms with Crippen molar-refractivity contribution < 1.29 is 37.7 Å². The third-order valence-corrected chi connectivity index (χ3v) is 6.67. The standard InChI is InChI=1S/C28H32N4O3.C2HF3O2/c1-20-6-4-9-26(21(20)2)31-14-16-32(17-15-31)28(29-19-22-7-5-8-25(18-22)35-3)30-24-12-10-23(11-13-24)27(33)34;3-2(4,5)1(6)7/h4-13,18H,14-17,19H2,1-3H3,(H,29,30)(H,33,34);(H,6,7). The summed E-state index contributed by atoms with van der Waals surface area (Å²) in [6.45, 7) is 8.27. The number of carboxylic acid groups (broad SMARTS) is 2. The lowest BCUT2D eigenvalue weighted by molar-refractivity contribution is -0.192. The van der Waals surface area contributed by atoms with Gasteiger partial charge in [0.1, 0.15) is 5.75 Å². The molecule has 0 amide bonds. The molecule has 3 aromatic carbocycles. The minimum atomic E-state index is -5.08. The fraction of sp³-hybridized carbons (Fsp3) is 0.300. The third kappa shape index (κ3) is 8.88. The maximum atomic E-state index is 11.2. The number of hydrogen-bond acceptors (Lipinski definition) is 5. The van der Waals surface area contributed by atoms with Crippen molar-refractivity contribution in [2.24, 2.45) is 4.99 Å². The molecular weight excluding hydrogens is 553 g/mol. The second kappa shape index (κ2) is 14.2. The lowest BCUT2D eigenvalue weighted by Gasteiger charge is -2.38. The number of ether oxygens (including phenoxy) is 1. The summed E-state index contributed by atoms with van der Waals surface area (Å²) >= 11 is 0. The number of aryl methyl sites for hydroxylation is 1. The number of anilines is 2. The summed E-state index contributed by atoms with van der Waals surface area (Å²) in [5, 5.41) is 19.7. The van der Waals surface area contributed by atoms with Gasteiger partial charge in [-0.25, -0.2) is 14.6 Å². The van der Waals surface area contributed by atoms with Gasteiger partial charge in [0, 0.05) is 37.6 Å². The summed E-state index contributed by atoms with van der Waals surface area (Å²) in [5.41, 5.74) is 6.03. The van der Waals surface area contributed by atoms with E-state index in [0.717, 1.165) is 49.1 Å². The molecule has 0 saturated carbocycles. The maximum Gasteiger partial charge on any atom is 0.490 e. The fourth-order valence-corrected chi connectivity index (χ4v) is 4.22. The van der Waals surface area contributed by atoms with Gasteiger partial charge in [-0.15, -0.1) is 0 Å². The van der Waals surface area contributed by atoms with E-state index in [2.05, 4.69) is 47.2 Å².